The molecule has 0 bridgehead atoms. The van der Waals surface area contributed by atoms with Crippen molar-refractivity contribution in [2.75, 3.05) is 6.61 Å². The third-order valence-electron chi connectivity index (χ3n) is 7.34. The Morgan fingerprint density at radius 1 is 0.429 bits per heavy atom. The van der Waals surface area contributed by atoms with Gasteiger partial charge in [-0.05, 0) is 27.2 Å². The van der Waals surface area contributed by atoms with Crippen LogP contribution >= 0.6 is 0 Å². The van der Waals surface area contributed by atoms with Crippen LogP contribution in [-0.2, 0) is 9.53 Å². The zero-order valence-electron chi connectivity index (χ0n) is 24.9. The van der Waals surface area contributed by atoms with Crippen LogP contribution in [0.5, 0.6) is 0 Å². The maximum Gasteiger partial charge on any atom is 0.311 e. The Morgan fingerprint density at radius 3 is 0.886 bits per heavy atom. The smallest absolute Gasteiger partial charge is 0.311 e. The van der Waals surface area contributed by atoms with Gasteiger partial charge in [0.1, 0.15) is 0 Å². The minimum absolute atomic E-state index is 0.0721. The molecule has 0 heterocycles. The van der Waals surface area contributed by atoms with Crippen molar-refractivity contribution in [1.29, 1.82) is 0 Å². The zero-order chi connectivity index (χ0) is 25.9. The topological polar surface area (TPSA) is 26.3 Å². The summed E-state index contributed by atoms with van der Waals surface area (Å²) in [5.74, 6) is -0.0721. The summed E-state index contributed by atoms with van der Waals surface area (Å²) in [5.41, 5.74) is -0.369. The van der Waals surface area contributed by atoms with Gasteiger partial charge >= 0.3 is 5.97 Å². The summed E-state index contributed by atoms with van der Waals surface area (Å²) in [6.45, 7) is 8.63. The van der Waals surface area contributed by atoms with Crippen LogP contribution in [0, 0.1) is 5.41 Å². The van der Waals surface area contributed by atoms with Gasteiger partial charge in [0.15, 0.2) is 0 Å². The van der Waals surface area contributed by atoms with Crippen LogP contribution in [0.3, 0.4) is 0 Å². The highest BCUT2D eigenvalue weighted by atomic mass is 16.5. The predicted octanol–water partition coefficient (Wildman–Crippen LogP) is 11.7. The normalized spacial score (nSPS) is 11.8. The quantitative estimate of drug-likeness (QED) is 0.0838. The van der Waals surface area contributed by atoms with Gasteiger partial charge in [0.2, 0.25) is 0 Å². The molecule has 0 spiro atoms. The fourth-order valence-electron chi connectivity index (χ4n) is 4.80. The van der Waals surface area contributed by atoms with Gasteiger partial charge < -0.3 is 4.74 Å². The van der Waals surface area contributed by atoms with E-state index in [0.717, 1.165) is 6.42 Å². The molecule has 2 nitrogen and oxygen atoms in total. The first-order valence-corrected chi connectivity index (χ1v) is 16.2. The number of hydrogen-bond acceptors (Lipinski definition) is 2. The highest BCUT2D eigenvalue weighted by molar-refractivity contribution is 5.75. The van der Waals surface area contributed by atoms with Crippen molar-refractivity contribution >= 4 is 5.97 Å². The zero-order valence-corrected chi connectivity index (χ0v) is 24.9. The number of carbonyl (C=O) groups is 1. The van der Waals surface area contributed by atoms with E-state index < -0.39 is 0 Å². The molecule has 0 saturated carbocycles. The Morgan fingerprint density at radius 2 is 0.657 bits per heavy atom. The average molecular weight is 495 g/mol. The molecule has 0 aromatic rings. The van der Waals surface area contributed by atoms with Crippen LogP contribution < -0.4 is 0 Å². The van der Waals surface area contributed by atoms with Gasteiger partial charge in [0.25, 0.3) is 0 Å². The van der Waals surface area contributed by atoms with E-state index in [-0.39, 0.29) is 11.4 Å². The number of hydrogen-bond donors (Lipinski definition) is 0. The average Bonchev–Trinajstić information content (AvgIpc) is 2.82. The molecule has 35 heavy (non-hydrogen) atoms. The van der Waals surface area contributed by atoms with Gasteiger partial charge in [-0.2, -0.15) is 0 Å². The van der Waals surface area contributed by atoms with E-state index in [1.165, 1.54) is 161 Å². The second-order valence-corrected chi connectivity index (χ2v) is 12.2. The SMILES string of the molecule is CCCCCCCCCCCCCCCCCCCCCCCCCCCCOC(=O)C(C)(C)C. The van der Waals surface area contributed by atoms with Crippen molar-refractivity contribution in [1.82, 2.24) is 0 Å². The molecule has 0 aliphatic rings. The first kappa shape index (κ1) is 34.5. The molecule has 210 valence electrons. The molecular weight excluding hydrogens is 428 g/mol. The summed E-state index contributed by atoms with van der Waals surface area (Å²) >= 11 is 0. The van der Waals surface area contributed by atoms with Crippen LogP contribution in [0.15, 0.2) is 0 Å². The minimum atomic E-state index is -0.369. The predicted molar refractivity (Wildman–Crippen MR) is 156 cm³/mol. The summed E-state index contributed by atoms with van der Waals surface area (Å²) in [6, 6.07) is 0. The highest BCUT2D eigenvalue weighted by Gasteiger charge is 2.22. The lowest BCUT2D eigenvalue weighted by molar-refractivity contribution is -0.153. The lowest BCUT2D eigenvalue weighted by Gasteiger charge is -2.16. The molecule has 0 aliphatic heterocycles. The van der Waals surface area contributed by atoms with Crippen molar-refractivity contribution in [2.45, 2.75) is 195 Å². The third kappa shape index (κ3) is 27.9. The Hall–Kier alpha value is -0.530. The Labute approximate surface area is 222 Å². The Bertz CT molecular complexity index is 423. The molecule has 0 radical (unpaired) electrons. The van der Waals surface area contributed by atoms with Crippen molar-refractivity contribution in [3.05, 3.63) is 0 Å². The minimum Gasteiger partial charge on any atom is -0.465 e. The van der Waals surface area contributed by atoms with Crippen LogP contribution in [0.1, 0.15) is 195 Å². The van der Waals surface area contributed by atoms with Gasteiger partial charge in [-0.1, -0.05) is 167 Å². The van der Waals surface area contributed by atoms with Gasteiger partial charge in [0, 0.05) is 0 Å². The molecule has 0 N–H and O–H groups in total. The summed E-state index contributed by atoms with van der Waals surface area (Å²) in [6.07, 6.45) is 36.7. The van der Waals surface area contributed by atoms with Crippen LogP contribution in [0.25, 0.3) is 0 Å². The van der Waals surface area contributed by atoms with E-state index >= 15 is 0 Å². The monoisotopic (exact) mass is 495 g/mol. The van der Waals surface area contributed by atoms with E-state index in [4.69, 9.17) is 4.74 Å². The molecule has 0 atom stereocenters. The third-order valence-corrected chi connectivity index (χ3v) is 7.34. The Balaban J connectivity index is 3.08. The second-order valence-electron chi connectivity index (χ2n) is 12.2. The number of esters is 1. The van der Waals surface area contributed by atoms with E-state index in [1.54, 1.807) is 0 Å². The van der Waals surface area contributed by atoms with Crippen molar-refractivity contribution in [2.24, 2.45) is 5.41 Å². The second kappa shape index (κ2) is 26.5. The molecule has 2 heteroatoms. The summed E-state index contributed by atoms with van der Waals surface area (Å²) in [7, 11) is 0. The molecule has 0 saturated heterocycles. The maximum atomic E-state index is 11.7. The fraction of sp³-hybridized carbons (Fsp3) is 0.970. The number of unbranched alkanes of at least 4 members (excludes halogenated alkanes) is 25. The van der Waals surface area contributed by atoms with Crippen LogP contribution in [-0.4, -0.2) is 12.6 Å². The largest absolute Gasteiger partial charge is 0.465 e. The van der Waals surface area contributed by atoms with E-state index in [9.17, 15) is 4.79 Å². The van der Waals surface area contributed by atoms with Crippen molar-refractivity contribution < 1.29 is 9.53 Å². The van der Waals surface area contributed by atoms with Gasteiger partial charge in [-0.15, -0.1) is 0 Å². The number of carbonyl (C=O) groups excluding carboxylic acids is 1. The van der Waals surface area contributed by atoms with E-state index in [0.29, 0.717) is 6.61 Å². The van der Waals surface area contributed by atoms with Crippen molar-refractivity contribution in [3.8, 4) is 0 Å². The Kier molecular flexibility index (Phi) is 26.1. The first-order chi connectivity index (χ1) is 17.0. The molecule has 0 rings (SSSR count). The highest BCUT2D eigenvalue weighted by Crippen LogP contribution is 2.17. The van der Waals surface area contributed by atoms with Gasteiger partial charge in [-0.25, -0.2) is 0 Å². The number of ether oxygens (including phenoxy) is 1. The maximum absolute atomic E-state index is 11.7. The first-order valence-electron chi connectivity index (χ1n) is 16.2. The van der Waals surface area contributed by atoms with E-state index in [1.807, 2.05) is 20.8 Å². The molecule has 0 fully saturated rings. The summed E-state index contributed by atoms with van der Waals surface area (Å²) in [5, 5.41) is 0. The number of rotatable bonds is 27. The molecule has 0 amide bonds. The standard InChI is InChI=1S/C33H66O2/c1-5-6-7-8-9-10-11-12-13-14-15-16-17-18-19-20-21-22-23-24-25-26-27-28-29-30-31-35-32(34)33(2,3)4/h5-31H2,1-4H3. The van der Waals surface area contributed by atoms with Crippen molar-refractivity contribution in [3.63, 3.8) is 0 Å². The fourth-order valence-corrected chi connectivity index (χ4v) is 4.80. The molecular formula is C33H66O2. The van der Waals surface area contributed by atoms with Gasteiger partial charge in [0.05, 0.1) is 12.0 Å². The molecule has 0 aromatic heterocycles. The summed E-state index contributed by atoms with van der Waals surface area (Å²) < 4.78 is 5.32. The lowest BCUT2D eigenvalue weighted by Crippen LogP contribution is -2.23. The van der Waals surface area contributed by atoms with Crippen LogP contribution in [0.4, 0.5) is 0 Å². The molecule has 0 aromatic carbocycles. The molecule has 0 unspecified atom stereocenters. The van der Waals surface area contributed by atoms with E-state index in [2.05, 4.69) is 6.92 Å². The van der Waals surface area contributed by atoms with Gasteiger partial charge in [-0.3, -0.25) is 4.79 Å². The lowest BCUT2D eigenvalue weighted by atomic mass is 9.97. The van der Waals surface area contributed by atoms with Crippen LogP contribution in [0.2, 0.25) is 0 Å². The summed E-state index contributed by atoms with van der Waals surface area (Å²) in [4.78, 5) is 11.7. The molecule has 0 aliphatic carbocycles.